The molecule has 14 heavy (non-hydrogen) atoms. The predicted octanol–water partition coefficient (Wildman–Crippen LogP) is 2.77. The number of rotatable bonds is 1. The molecule has 0 amide bonds. The van der Waals surface area contributed by atoms with Crippen molar-refractivity contribution in [2.24, 2.45) is 0 Å². The molecule has 0 aliphatic carbocycles. The van der Waals surface area contributed by atoms with Crippen LogP contribution in [0.4, 0.5) is 0 Å². The van der Waals surface area contributed by atoms with Crippen LogP contribution in [0.5, 0.6) is 5.75 Å². The van der Waals surface area contributed by atoms with Crippen LogP contribution in [0, 0.1) is 0 Å². The summed E-state index contributed by atoms with van der Waals surface area (Å²) in [4.78, 5) is 11.6. The first-order valence-electron chi connectivity index (χ1n) is 4.95. The minimum Gasteiger partial charge on any atom is -0.482 e. The van der Waals surface area contributed by atoms with E-state index in [0.717, 1.165) is 16.9 Å². The first-order chi connectivity index (χ1) is 6.61. The van der Waals surface area contributed by atoms with E-state index in [9.17, 15) is 4.79 Å². The molecule has 0 aromatic heterocycles. The van der Waals surface area contributed by atoms with E-state index in [1.54, 1.807) is 6.92 Å². The van der Waals surface area contributed by atoms with Gasteiger partial charge < -0.3 is 4.74 Å². The van der Waals surface area contributed by atoms with Crippen molar-refractivity contribution < 1.29 is 9.53 Å². The third kappa shape index (κ3) is 1.22. The summed E-state index contributed by atoms with van der Waals surface area (Å²) in [5.74, 6) is 1.28. The fraction of sp³-hybridized carbons (Fsp3) is 0.417. The molecule has 1 aliphatic heterocycles. The highest BCUT2D eigenvalue weighted by Gasteiger charge is 2.30. The molecular formula is C12H14O2. The molecular weight excluding hydrogens is 176 g/mol. The molecule has 0 spiro atoms. The van der Waals surface area contributed by atoms with Crippen LogP contribution in [0.25, 0.3) is 0 Å². The van der Waals surface area contributed by atoms with Gasteiger partial charge in [-0.15, -0.1) is 0 Å². The van der Waals surface area contributed by atoms with E-state index < -0.39 is 0 Å². The Kier molecular flexibility index (Phi) is 2.06. The number of benzene rings is 1. The lowest BCUT2D eigenvalue weighted by Crippen LogP contribution is -2.14. The number of para-hydroxylation sites is 1. The van der Waals surface area contributed by atoms with Gasteiger partial charge in [-0.2, -0.15) is 0 Å². The fourth-order valence-electron chi connectivity index (χ4n) is 1.78. The molecule has 2 nitrogen and oxygen atoms in total. The molecule has 1 unspecified atom stereocenters. The second-order valence-corrected chi connectivity index (χ2v) is 4.00. The summed E-state index contributed by atoms with van der Waals surface area (Å²) in [6.45, 7) is 6.01. The summed E-state index contributed by atoms with van der Waals surface area (Å²) < 4.78 is 5.56. The van der Waals surface area contributed by atoms with Gasteiger partial charge in [0.2, 0.25) is 5.78 Å². The van der Waals surface area contributed by atoms with Crippen LogP contribution in [0.1, 0.15) is 42.6 Å². The average molecular weight is 190 g/mol. The van der Waals surface area contributed by atoms with Crippen LogP contribution in [0.3, 0.4) is 0 Å². The van der Waals surface area contributed by atoms with Crippen LogP contribution in [-0.2, 0) is 0 Å². The number of hydrogen-bond acceptors (Lipinski definition) is 2. The molecule has 0 saturated heterocycles. The summed E-state index contributed by atoms with van der Waals surface area (Å²) >= 11 is 0. The van der Waals surface area contributed by atoms with Crippen molar-refractivity contribution in [3.8, 4) is 5.75 Å². The molecule has 0 N–H and O–H groups in total. The zero-order valence-electron chi connectivity index (χ0n) is 8.70. The largest absolute Gasteiger partial charge is 0.482 e. The molecule has 0 bridgehead atoms. The van der Waals surface area contributed by atoms with Crippen molar-refractivity contribution in [3.63, 3.8) is 0 Å². The van der Waals surface area contributed by atoms with E-state index in [1.165, 1.54) is 0 Å². The number of hydrogen-bond donors (Lipinski definition) is 0. The maximum absolute atomic E-state index is 11.6. The quantitative estimate of drug-likeness (QED) is 0.680. The lowest BCUT2D eigenvalue weighted by Gasteiger charge is -2.10. The van der Waals surface area contributed by atoms with Crippen LogP contribution in [0.2, 0.25) is 0 Å². The van der Waals surface area contributed by atoms with Crippen molar-refractivity contribution in [3.05, 3.63) is 29.3 Å². The lowest BCUT2D eigenvalue weighted by atomic mass is 9.98. The Balaban J connectivity index is 2.56. The van der Waals surface area contributed by atoms with Crippen LogP contribution in [-0.4, -0.2) is 11.9 Å². The first kappa shape index (κ1) is 9.25. The van der Waals surface area contributed by atoms with Gasteiger partial charge in [0.25, 0.3) is 0 Å². The van der Waals surface area contributed by atoms with Gasteiger partial charge in [0, 0.05) is 0 Å². The molecule has 1 aliphatic rings. The number of carbonyl (C=O) groups excluding carboxylic acids is 1. The Labute approximate surface area is 83.9 Å². The minimum atomic E-state index is -0.315. The van der Waals surface area contributed by atoms with E-state index in [1.807, 2.05) is 18.2 Å². The van der Waals surface area contributed by atoms with E-state index in [2.05, 4.69) is 13.8 Å². The summed E-state index contributed by atoms with van der Waals surface area (Å²) in [5, 5.41) is 0. The summed E-state index contributed by atoms with van der Waals surface area (Å²) in [6, 6.07) is 5.79. The van der Waals surface area contributed by atoms with Gasteiger partial charge in [-0.05, 0) is 24.5 Å². The zero-order chi connectivity index (χ0) is 10.3. The number of ether oxygens (including phenoxy) is 1. The monoisotopic (exact) mass is 190 g/mol. The van der Waals surface area contributed by atoms with E-state index in [0.29, 0.717) is 5.92 Å². The zero-order valence-corrected chi connectivity index (χ0v) is 8.70. The maximum Gasteiger partial charge on any atom is 0.206 e. The highest BCUT2D eigenvalue weighted by molar-refractivity contribution is 6.04. The summed E-state index contributed by atoms with van der Waals surface area (Å²) in [5.41, 5.74) is 1.86. The summed E-state index contributed by atoms with van der Waals surface area (Å²) in [6.07, 6.45) is -0.315. The molecule has 74 valence electrons. The number of fused-ring (bicyclic) bond motifs is 1. The van der Waals surface area contributed by atoms with Gasteiger partial charge in [0.1, 0.15) is 5.75 Å². The van der Waals surface area contributed by atoms with Gasteiger partial charge in [0.05, 0.1) is 5.56 Å². The Morgan fingerprint density at radius 1 is 1.36 bits per heavy atom. The molecule has 0 radical (unpaired) electrons. The van der Waals surface area contributed by atoms with Crippen molar-refractivity contribution in [1.29, 1.82) is 0 Å². The highest BCUT2D eigenvalue weighted by atomic mass is 16.5. The van der Waals surface area contributed by atoms with Crippen LogP contribution >= 0.6 is 0 Å². The van der Waals surface area contributed by atoms with Gasteiger partial charge in [0.15, 0.2) is 6.10 Å². The molecule has 0 fully saturated rings. The van der Waals surface area contributed by atoms with Crippen molar-refractivity contribution in [1.82, 2.24) is 0 Å². The van der Waals surface area contributed by atoms with E-state index in [4.69, 9.17) is 4.74 Å². The molecule has 1 aromatic carbocycles. The topological polar surface area (TPSA) is 26.3 Å². The number of ketones is 1. The van der Waals surface area contributed by atoms with Gasteiger partial charge in [-0.1, -0.05) is 26.0 Å². The Hall–Kier alpha value is -1.31. The fourth-order valence-corrected chi connectivity index (χ4v) is 1.78. The standard InChI is InChI=1S/C12H14O2/c1-7(2)9-5-4-6-10-11(13)8(3)14-12(9)10/h4-8H,1-3H3. The second kappa shape index (κ2) is 3.12. The predicted molar refractivity (Wildman–Crippen MR) is 55.0 cm³/mol. The highest BCUT2D eigenvalue weighted by Crippen LogP contribution is 2.36. The van der Waals surface area contributed by atoms with Crippen LogP contribution in [0.15, 0.2) is 18.2 Å². The average Bonchev–Trinajstić information content (AvgIpc) is 2.43. The summed E-state index contributed by atoms with van der Waals surface area (Å²) in [7, 11) is 0. The third-order valence-electron chi connectivity index (χ3n) is 2.60. The Morgan fingerprint density at radius 3 is 2.71 bits per heavy atom. The molecule has 1 atom stereocenters. The SMILES string of the molecule is CC1Oc2c(cccc2C(C)C)C1=O. The lowest BCUT2D eigenvalue weighted by molar-refractivity contribution is 0.0878. The molecule has 2 heteroatoms. The molecule has 2 rings (SSSR count). The van der Waals surface area contributed by atoms with Gasteiger partial charge >= 0.3 is 0 Å². The Bertz CT molecular complexity index is 380. The number of Topliss-reactive ketones (excluding diaryl/α,β-unsaturated/α-hetero) is 1. The maximum atomic E-state index is 11.6. The number of carbonyl (C=O) groups is 1. The normalized spacial score (nSPS) is 19.7. The van der Waals surface area contributed by atoms with Crippen molar-refractivity contribution in [2.45, 2.75) is 32.8 Å². The second-order valence-electron chi connectivity index (χ2n) is 4.00. The van der Waals surface area contributed by atoms with E-state index >= 15 is 0 Å². The third-order valence-corrected chi connectivity index (χ3v) is 2.60. The van der Waals surface area contributed by atoms with Crippen LogP contribution < -0.4 is 4.74 Å². The first-order valence-corrected chi connectivity index (χ1v) is 4.95. The minimum absolute atomic E-state index is 0.0995. The van der Waals surface area contributed by atoms with Gasteiger partial charge in [-0.3, -0.25) is 4.79 Å². The molecule has 1 aromatic rings. The van der Waals surface area contributed by atoms with Crippen molar-refractivity contribution >= 4 is 5.78 Å². The molecule has 1 heterocycles. The molecule has 0 saturated carbocycles. The van der Waals surface area contributed by atoms with E-state index in [-0.39, 0.29) is 11.9 Å². The van der Waals surface area contributed by atoms with Gasteiger partial charge in [-0.25, -0.2) is 0 Å². The smallest absolute Gasteiger partial charge is 0.206 e. The Morgan fingerprint density at radius 2 is 2.07 bits per heavy atom. The van der Waals surface area contributed by atoms with Crippen molar-refractivity contribution in [2.75, 3.05) is 0 Å².